The zero-order valence-electron chi connectivity index (χ0n) is 17.1. The van der Waals surface area contributed by atoms with Gasteiger partial charge in [0.1, 0.15) is 11.5 Å². The van der Waals surface area contributed by atoms with Gasteiger partial charge in [0.05, 0.1) is 22.7 Å². The highest BCUT2D eigenvalue weighted by molar-refractivity contribution is 6.31. The van der Waals surface area contributed by atoms with Gasteiger partial charge in [0.15, 0.2) is 5.78 Å². The summed E-state index contributed by atoms with van der Waals surface area (Å²) in [6.45, 7) is 2.79. The van der Waals surface area contributed by atoms with Crippen molar-refractivity contribution >= 4 is 40.7 Å². The summed E-state index contributed by atoms with van der Waals surface area (Å²) in [5.74, 6) is -0.352. The van der Waals surface area contributed by atoms with Gasteiger partial charge in [-0.05, 0) is 44.2 Å². The van der Waals surface area contributed by atoms with Crippen LogP contribution < -0.4 is 0 Å². The molecule has 0 spiro atoms. The number of halogens is 1. The fourth-order valence-electron chi connectivity index (χ4n) is 2.94. The number of aromatic hydroxyl groups is 1. The molecular formula is C25H21ClN2O3. The van der Waals surface area contributed by atoms with Gasteiger partial charge < -0.3 is 10.2 Å². The normalized spacial score (nSPS) is 12.7. The van der Waals surface area contributed by atoms with Crippen molar-refractivity contribution in [3.05, 3.63) is 100 Å². The zero-order chi connectivity index (χ0) is 22.4. The summed E-state index contributed by atoms with van der Waals surface area (Å²) in [6.07, 6.45) is 1.32. The number of para-hydroxylation sites is 2. The lowest BCUT2D eigenvalue weighted by molar-refractivity contribution is -0.113. The molecule has 0 atom stereocenters. The van der Waals surface area contributed by atoms with E-state index in [1.54, 1.807) is 30.3 Å². The number of carbonyl (C=O) groups is 1. The molecule has 0 fully saturated rings. The lowest BCUT2D eigenvalue weighted by Gasteiger charge is -2.11. The fraction of sp³-hybridized carbons (Fsp3) is 0.0800. The summed E-state index contributed by atoms with van der Waals surface area (Å²) >= 11 is 6.18. The Balaban J connectivity index is 2.18. The predicted molar refractivity (Wildman–Crippen MR) is 125 cm³/mol. The first-order valence-corrected chi connectivity index (χ1v) is 9.91. The minimum Gasteiger partial charge on any atom is -0.512 e. The molecule has 0 aromatic heterocycles. The minimum absolute atomic E-state index is 0.0469. The van der Waals surface area contributed by atoms with Crippen LogP contribution in [0.15, 0.2) is 94.1 Å². The van der Waals surface area contributed by atoms with Crippen molar-refractivity contribution in [1.82, 2.24) is 0 Å². The molecule has 0 radical (unpaired) electrons. The van der Waals surface area contributed by atoms with E-state index in [0.717, 1.165) is 5.56 Å². The number of phenols is 1. The third-order valence-corrected chi connectivity index (χ3v) is 4.71. The Morgan fingerprint density at radius 2 is 1.58 bits per heavy atom. The fourth-order valence-corrected chi connectivity index (χ4v) is 3.11. The maximum atomic E-state index is 11.7. The van der Waals surface area contributed by atoms with E-state index in [2.05, 4.69) is 4.99 Å². The van der Waals surface area contributed by atoms with E-state index in [1.807, 2.05) is 36.4 Å². The Kier molecular flexibility index (Phi) is 7.00. The average molecular weight is 433 g/mol. The van der Waals surface area contributed by atoms with Crippen LogP contribution in [0, 0.1) is 0 Å². The number of hydrogen-bond acceptors (Lipinski definition) is 5. The molecule has 156 valence electrons. The van der Waals surface area contributed by atoms with Gasteiger partial charge in [-0.2, -0.15) is 0 Å². The molecule has 0 saturated heterocycles. The van der Waals surface area contributed by atoms with Gasteiger partial charge in [0.25, 0.3) is 0 Å². The smallest absolute Gasteiger partial charge is 0.164 e. The summed E-state index contributed by atoms with van der Waals surface area (Å²) in [7, 11) is 0. The van der Waals surface area contributed by atoms with Crippen LogP contribution in [0.5, 0.6) is 5.75 Å². The second-order valence-corrected chi connectivity index (χ2v) is 7.23. The molecule has 0 bridgehead atoms. The lowest BCUT2D eigenvalue weighted by atomic mass is 10.0. The molecule has 0 unspecified atom stereocenters. The Labute approximate surface area is 185 Å². The molecule has 0 aliphatic rings. The number of allylic oxidation sites excluding steroid dienone is 2. The average Bonchev–Trinajstić information content (AvgIpc) is 2.75. The van der Waals surface area contributed by atoms with E-state index < -0.39 is 0 Å². The molecule has 3 aromatic rings. The van der Waals surface area contributed by atoms with Gasteiger partial charge in [0, 0.05) is 22.4 Å². The summed E-state index contributed by atoms with van der Waals surface area (Å²) in [6, 6.07) is 21.3. The molecule has 0 aliphatic heterocycles. The predicted octanol–water partition coefficient (Wildman–Crippen LogP) is 6.34. The Bertz CT molecular complexity index is 1190. The standard InChI is InChI=1S/C25H21ClN2O3/c1-16(29)21(17(2)30)15-27-22-10-6-7-11-23(22)28-25(18-8-4-3-5-9-18)20-14-19(26)12-13-24(20)31/h3-15,29,31H,1-2H3/b21-16+,27-15?,28-25?. The van der Waals surface area contributed by atoms with Gasteiger partial charge in [-0.25, -0.2) is 4.99 Å². The van der Waals surface area contributed by atoms with Crippen molar-refractivity contribution < 1.29 is 15.0 Å². The van der Waals surface area contributed by atoms with Crippen LogP contribution in [0.1, 0.15) is 25.0 Å². The van der Waals surface area contributed by atoms with E-state index in [9.17, 15) is 15.0 Å². The van der Waals surface area contributed by atoms with Crippen molar-refractivity contribution in [1.29, 1.82) is 0 Å². The molecule has 0 amide bonds. The highest BCUT2D eigenvalue weighted by atomic mass is 35.5. The molecule has 0 heterocycles. The first-order valence-electron chi connectivity index (χ1n) is 9.53. The molecule has 3 rings (SSSR count). The quantitative estimate of drug-likeness (QED) is 0.271. The van der Waals surface area contributed by atoms with Gasteiger partial charge in [0.2, 0.25) is 0 Å². The second-order valence-electron chi connectivity index (χ2n) is 6.79. The van der Waals surface area contributed by atoms with Gasteiger partial charge in [-0.1, -0.05) is 54.1 Å². The molecule has 0 saturated carbocycles. The Morgan fingerprint density at radius 3 is 2.23 bits per heavy atom. The van der Waals surface area contributed by atoms with Crippen LogP contribution >= 0.6 is 11.6 Å². The van der Waals surface area contributed by atoms with E-state index >= 15 is 0 Å². The number of carbonyl (C=O) groups excluding carboxylic acids is 1. The van der Waals surface area contributed by atoms with Gasteiger partial charge in [-0.15, -0.1) is 0 Å². The van der Waals surface area contributed by atoms with Crippen molar-refractivity contribution in [2.45, 2.75) is 13.8 Å². The molecule has 2 N–H and O–H groups in total. The van der Waals surface area contributed by atoms with E-state index in [0.29, 0.717) is 27.7 Å². The van der Waals surface area contributed by atoms with Crippen LogP contribution in [0.4, 0.5) is 11.4 Å². The molecule has 31 heavy (non-hydrogen) atoms. The monoisotopic (exact) mass is 432 g/mol. The van der Waals surface area contributed by atoms with E-state index in [1.165, 1.54) is 26.1 Å². The molecule has 3 aromatic carbocycles. The van der Waals surface area contributed by atoms with Crippen LogP contribution in [0.3, 0.4) is 0 Å². The van der Waals surface area contributed by atoms with Crippen molar-refractivity contribution in [3.8, 4) is 5.75 Å². The highest BCUT2D eigenvalue weighted by Gasteiger charge is 2.14. The second kappa shape index (κ2) is 9.87. The molecule has 0 aliphatic carbocycles. The number of Topliss-reactive ketones (excluding diaryl/α,β-unsaturated/α-hetero) is 1. The third kappa shape index (κ3) is 5.47. The first-order chi connectivity index (χ1) is 14.9. The maximum Gasteiger partial charge on any atom is 0.164 e. The zero-order valence-corrected chi connectivity index (χ0v) is 17.8. The number of nitrogens with zero attached hydrogens (tertiary/aromatic N) is 2. The Morgan fingerprint density at radius 1 is 0.935 bits per heavy atom. The van der Waals surface area contributed by atoms with Crippen LogP contribution in [-0.4, -0.2) is 27.9 Å². The topological polar surface area (TPSA) is 82.2 Å². The maximum absolute atomic E-state index is 11.7. The van der Waals surface area contributed by atoms with E-state index in [-0.39, 0.29) is 22.9 Å². The number of rotatable bonds is 6. The van der Waals surface area contributed by atoms with E-state index in [4.69, 9.17) is 16.6 Å². The number of aliphatic imine (C=N–C) groups is 2. The number of aliphatic hydroxyl groups is 1. The summed E-state index contributed by atoms with van der Waals surface area (Å²) < 4.78 is 0. The largest absolute Gasteiger partial charge is 0.512 e. The number of hydrogen-bond donors (Lipinski definition) is 2. The minimum atomic E-state index is -0.293. The van der Waals surface area contributed by atoms with Crippen molar-refractivity contribution in [3.63, 3.8) is 0 Å². The highest BCUT2D eigenvalue weighted by Crippen LogP contribution is 2.32. The van der Waals surface area contributed by atoms with Gasteiger partial charge >= 0.3 is 0 Å². The molecular weight excluding hydrogens is 412 g/mol. The van der Waals surface area contributed by atoms with Gasteiger partial charge in [-0.3, -0.25) is 9.79 Å². The summed E-state index contributed by atoms with van der Waals surface area (Å²) in [4.78, 5) is 20.9. The summed E-state index contributed by atoms with van der Waals surface area (Å²) in [5, 5.41) is 20.7. The van der Waals surface area contributed by atoms with Crippen LogP contribution in [0.25, 0.3) is 0 Å². The third-order valence-electron chi connectivity index (χ3n) is 4.48. The molecule has 5 nitrogen and oxygen atoms in total. The summed E-state index contributed by atoms with van der Waals surface area (Å²) in [5.41, 5.74) is 2.92. The number of benzene rings is 3. The molecule has 6 heteroatoms. The number of phenolic OH excluding ortho intramolecular Hbond substituents is 1. The Hall–Kier alpha value is -3.70. The number of ketones is 1. The SMILES string of the molecule is CC(=O)/C(C=Nc1ccccc1N=C(c1ccccc1)c1cc(Cl)ccc1O)=C(\C)O. The van der Waals surface area contributed by atoms with Crippen molar-refractivity contribution in [2.24, 2.45) is 9.98 Å². The number of aliphatic hydroxyl groups excluding tert-OH is 1. The van der Waals surface area contributed by atoms with Crippen LogP contribution in [-0.2, 0) is 4.79 Å². The van der Waals surface area contributed by atoms with Crippen molar-refractivity contribution in [2.75, 3.05) is 0 Å². The lowest BCUT2D eigenvalue weighted by Crippen LogP contribution is -2.03. The first kappa shape index (κ1) is 22.0. The van der Waals surface area contributed by atoms with Crippen LogP contribution in [0.2, 0.25) is 5.02 Å².